The molecular weight excluding hydrogens is 493 g/mol. The number of halogens is 3. The lowest BCUT2D eigenvalue weighted by Crippen LogP contribution is -2.48. The summed E-state index contributed by atoms with van der Waals surface area (Å²) >= 11 is 0. The lowest BCUT2D eigenvalue weighted by atomic mass is 9.96. The number of benzene rings is 2. The summed E-state index contributed by atoms with van der Waals surface area (Å²) in [5, 5.41) is 4.04. The molecule has 1 amide bonds. The summed E-state index contributed by atoms with van der Waals surface area (Å²) in [6.45, 7) is 4.29. The van der Waals surface area contributed by atoms with Gasteiger partial charge in [-0.05, 0) is 88.2 Å². The predicted molar refractivity (Wildman–Crippen MR) is 142 cm³/mol. The van der Waals surface area contributed by atoms with Crippen molar-refractivity contribution in [2.24, 2.45) is 0 Å². The molecule has 1 atom stereocenters. The van der Waals surface area contributed by atoms with Gasteiger partial charge in [-0.3, -0.25) is 14.7 Å². The molecule has 1 N–H and O–H groups in total. The Labute approximate surface area is 220 Å². The molecule has 3 aromatic rings. The molecule has 0 unspecified atom stereocenters. The number of anilines is 1. The summed E-state index contributed by atoms with van der Waals surface area (Å²) in [5.41, 5.74) is 3.27. The number of hydrogen-bond donors (Lipinski definition) is 1. The van der Waals surface area contributed by atoms with Crippen LogP contribution in [0.25, 0.3) is 10.9 Å². The van der Waals surface area contributed by atoms with Gasteiger partial charge in [0.15, 0.2) is 0 Å². The Bertz CT molecular complexity index is 1370. The van der Waals surface area contributed by atoms with E-state index in [9.17, 15) is 18.0 Å². The summed E-state index contributed by atoms with van der Waals surface area (Å²) in [6, 6.07) is 13.2. The number of aryl methyl sites for hydroxylation is 2. The lowest BCUT2D eigenvalue weighted by Gasteiger charge is -2.37. The van der Waals surface area contributed by atoms with Gasteiger partial charge in [0, 0.05) is 35.4 Å². The maximum absolute atomic E-state index is 13.6. The SMILES string of the molecule is Cc1ccc2c(C3(NC(=O)c4cc(OC[C@@H]5CCN5C)ccc4C)CC3)cc(N(C)CC(F)(F)F)cc2n1. The first-order chi connectivity index (χ1) is 17.9. The molecule has 0 bridgehead atoms. The number of carbonyl (C=O) groups excluding carboxylic acids is 1. The van der Waals surface area contributed by atoms with Gasteiger partial charge in [0.25, 0.3) is 5.91 Å². The zero-order valence-electron chi connectivity index (χ0n) is 22.2. The number of fused-ring (bicyclic) bond motifs is 1. The Morgan fingerprint density at radius 3 is 2.58 bits per heavy atom. The zero-order valence-corrected chi connectivity index (χ0v) is 22.2. The largest absolute Gasteiger partial charge is 0.492 e. The van der Waals surface area contributed by atoms with Gasteiger partial charge >= 0.3 is 6.18 Å². The number of nitrogens with zero attached hydrogens (tertiary/aromatic N) is 3. The molecule has 1 saturated carbocycles. The van der Waals surface area contributed by atoms with Gasteiger partial charge in [-0.15, -0.1) is 0 Å². The average Bonchev–Trinajstić information content (AvgIpc) is 3.62. The van der Waals surface area contributed by atoms with Crippen LogP contribution in [0.15, 0.2) is 42.5 Å². The fourth-order valence-electron chi connectivity index (χ4n) is 5.08. The monoisotopic (exact) mass is 526 g/mol. The van der Waals surface area contributed by atoms with Crippen LogP contribution < -0.4 is 15.0 Å². The van der Waals surface area contributed by atoms with Gasteiger partial charge in [-0.2, -0.15) is 13.2 Å². The highest BCUT2D eigenvalue weighted by molar-refractivity contribution is 5.98. The number of ether oxygens (including phenoxy) is 1. The van der Waals surface area contributed by atoms with Crippen LogP contribution in [-0.2, 0) is 5.54 Å². The molecule has 38 heavy (non-hydrogen) atoms. The molecule has 202 valence electrons. The second-order valence-electron chi connectivity index (χ2n) is 10.7. The van der Waals surface area contributed by atoms with Crippen molar-refractivity contribution in [3.63, 3.8) is 0 Å². The quantitative estimate of drug-likeness (QED) is 0.429. The Kier molecular flexibility index (Phi) is 6.75. The predicted octanol–water partition coefficient (Wildman–Crippen LogP) is 5.35. The fraction of sp³-hybridized carbons (Fsp3) is 0.448. The van der Waals surface area contributed by atoms with Crippen LogP contribution in [0.4, 0.5) is 18.9 Å². The van der Waals surface area contributed by atoms with E-state index in [1.165, 1.54) is 11.9 Å². The molecule has 2 aliphatic rings. The third kappa shape index (κ3) is 5.43. The molecule has 1 saturated heterocycles. The maximum atomic E-state index is 13.6. The van der Waals surface area contributed by atoms with Crippen molar-refractivity contribution in [1.82, 2.24) is 15.2 Å². The summed E-state index contributed by atoms with van der Waals surface area (Å²) in [7, 11) is 3.49. The third-order valence-electron chi connectivity index (χ3n) is 7.74. The first kappa shape index (κ1) is 26.3. The van der Waals surface area contributed by atoms with Crippen molar-refractivity contribution < 1.29 is 22.7 Å². The van der Waals surface area contributed by atoms with E-state index in [0.717, 1.165) is 35.2 Å². The van der Waals surface area contributed by atoms with Crippen molar-refractivity contribution in [1.29, 1.82) is 0 Å². The summed E-state index contributed by atoms with van der Waals surface area (Å²) in [4.78, 5) is 21.6. The van der Waals surface area contributed by atoms with E-state index in [0.29, 0.717) is 48.0 Å². The molecule has 1 aliphatic heterocycles. The van der Waals surface area contributed by atoms with Crippen LogP contribution in [0, 0.1) is 13.8 Å². The van der Waals surface area contributed by atoms with Gasteiger partial charge < -0.3 is 15.0 Å². The first-order valence-electron chi connectivity index (χ1n) is 12.9. The van der Waals surface area contributed by atoms with Crippen LogP contribution in [0.2, 0.25) is 0 Å². The minimum atomic E-state index is -4.34. The van der Waals surface area contributed by atoms with E-state index < -0.39 is 18.3 Å². The molecular formula is C29H33F3N4O2. The van der Waals surface area contributed by atoms with Crippen molar-refractivity contribution in [3.05, 3.63) is 64.8 Å². The van der Waals surface area contributed by atoms with E-state index in [2.05, 4.69) is 22.2 Å². The van der Waals surface area contributed by atoms with Crippen molar-refractivity contribution in [2.45, 2.75) is 50.9 Å². The normalized spacial score (nSPS) is 18.7. The number of pyridine rings is 1. The number of amides is 1. The van der Waals surface area contributed by atoms with Crippen LogP contribution in [0.1, 0.15) is 46.4 Å². The molecule has 5 rings (SSSR count). The van der Waals surface area contributed by atoms with E-state index >= 15 is 0 Å². The zero-order chi connectivity index (χ0) is 27.2. The first-order valence-corrected chi connectivity index (χ1v) is 12.9. The highest BCUT2D eigenvalue weighted by Gasteiger charge is 2.47. The van der Waals surface area contributed by atoms with Crippen molar-refractivity contribution in [3.8, 4) is 5.75 Å². The van der Waals surface area contributed by atoms with Gasteiger partial charge in [-0.1, -0.05) is 12.1 Å². The van der Waals surface area contributed by atoms with Crippen LogP contribution >= 0.6 is 0 Å². The van der Waals surface area contributed by atoms with Crippen LogP contribution in [0.5, 0.6) is 5.75 Å². The number of carbonyl (C=O) groups is 1. The number of likely N-dealkylation sites (N-methyl/N-ethyl adjacent to an activating group) is 1. The molecule has 6 nitrogen and oxygen atoms in total. The molecule has 2 heterocycles. The molecule has 1 aromatic heterocycles. The van der Waals surface area contributed by atoms with Gasteiger partial charge in [0.2, 0.25) is 0 Å². The molecule has 2 fully saturated rings. The Hall–Kier alpha value is -3.33. The third-order valence-corrected chi connectivity index (χ3v) is 7.74. The topological polar surface area (TPSA) is 57.7 Å². The Balaban J connectivity index is 1.43. The highest BCUT2D eigenvalue weighted by Crippen LogP contribution is 2.49. The number of rotatable bonds is 8. The van der Waals surface area contributed by atoms with E-state index in [4.69, 9.17) is 4.74 Å². The molecule has 0 radical (unpaired) electrons. The summed E-state index contributed by atoms with van der Waals surface area (Å²) in [5.74, 6) is 0.417. The van der Waals surface area contributed by atoms with E-state index in [1.54, 1.807) is 18.2 Å². The Morgan fingerprint density at radius 1 is 1.18 bits per heavy atom. The van der Waals surface area contributed by atoms with E-state index in [-0.39, 0.29) is 5.91 Å². The second kappa shape index (κ2) is 9.76. The molecule has 9 heteroatoms. The standard InChI is InChI=1S/C29H33F3N4O2/c1-18-5-7-22(38-16-20-9-12-35(20)3)15-24(18)27(37)34-28(10-11-28)25-13-21(36(4)17-29(30,31)32)14-26-23(25)8-6-19(2)33-26/h5-8,13-15,20H,9-12,16-17H2,1-4H3,(H,34,37)/t20-/m0/s1. The summed E-state index contributed by atoms with van der Waals surface area (Å²) < 4.78 is 45.5. The van der Waals surface area contributed by atoms with E-state index in [1.807, 2.05) is 38.1 Å². The van der Waals surface area contributed by atoms with Gasteiger partial charge in [0.05, 0.1) is 11.1 Å². The minimum Gasteiger partial charge on any atom is -0.492 e. The molecule has 2 aromatic carbocycles. The van der Waals surface area contributed by atoms with Gasteiger partial charge in [0.1, 0.15) is 18.9 Å². The summed E-state index contributed by atoms with van der Waals surface area (Å²) in [6.07, 6.45) is -1.86. The van der Waals surface area contributed by atoms with Gasteiger partial charge in [-0.25, -0.2) is 0 Å². The highest BCUT2D eigenvalue weighted by atomic mass is 19.4. The molecule has 1 aliphatic carbocycles. The van der Waals surface area contributed by atoms with Crippen LogP contribution in [-0.4, -0.2) is 61.8 Å². The second-order valence-corrected chi connectivity index (χ2v) is 10.7. The Morgan fingerprint density at radius 2 is 1.95 bits per heavy atom. The van der Waals surface area contributed by atoms with Crippen LogP contribution in [0.3, 0.4) is 0 Å². The number of alkyl halides is 3. The smallest absolute Gasteiger partial charge is 0.405 e. The number of likely N-dealkylation sites (tertiary alicyclic amines) is 1. The maximum Gasteiger partial charge on any atom is 0.405 e. The fourth-order valence-corrected chi connectivity index (χ4v) is 5.08. The molecule has 0 spiro atoms. The number of hydrogen-bond acceptors (Lipinski definition) is 5. The van der Waals surface area contributed by atoms with Crippen molar-refractivity contribution in [2.75, 3.05) is 38.7 Å². The van der Waals surface area contributed by atoms with Crippen molar-refractivity contribution >= 4 is 22.5 Å². The lowest BCUT2D eigenvalue weighted by molar-refractivity contribution is -0.119. The minimum absolute atomic E-state index is 0.228. The average molecular weight is 527 g/mol. The number of aromatic nitrogens is 1. The number of nitrogens with one attached hydrogen (secondary N) is 1.